The number of hydrogen-bond acceptors (Lipinski definition) is 5. The predicted octanol–water partition coefficient (Wildman–Crippen LogP) is 5.03. The lowest BCUT2D eigenvalue weighted by molar-refractivity contribution is -0.128. The molecule has 5 heteroatoms. The van der Waals surface area contributed by atoms with Gasteiger partial charge in [-0.3, -0.25) is 0 Å². The zero-order chi connectivity index (χ0) is 19.2. The van der Waals surface area contributed by atoms with Gasteiger partial charge < -0.3 is 13.9 Å². The van der Waals surface area contributed by atoms with E-state index in [0.29, 0.717) is 23.5 Å². The molecule has 5 nitrogen and oxygen atoms in total. The van der Waals surface area contributed by atoms with Crippen molar-refractivity contribution in [1.29, 1.82) is 0 Å². The number of nitrogens with zero attached hydrogens (tertiary/aromatic N) is 1. The van der Waals surface area contributed by atoms with Gasteiger partial charge in [0.05, 0.1) is 0 Å². The van der Waals surface area contributed by atoms with Gasteiger partial charge in [-0.25, -0.2) is 9.78 Å². The minimum absolute atomic E-state index is 0.413. The van der Waals surface area contributed by atoms with Gasteiger partial charge in [0.2, 0.25) is 0 Å². The van der Waals surface area contributed by atoms with Crippen molar-refractivity contribution in [2.45, 2.75) is 6.61 Å². The summed E-state index contributed by atoms with van der Waals surface area (Å²) in [6.07, 6.45) is 4.42. The Morgan fingerprint density at radius 2 is 1.86 bits per heavy atom. The molecule has 4 aromatic rings. The number of ether oxygens (including phenoxy) is 2. The van der Waals surface area contributed by atoms with E-state index in [0.717, 1.165) is 16.9 Å². The molecule has 0 bridgehead atoms. The molecule has 0 radical (unpaired) electrons. The number of oxazole rings is 1. The van der Waals surface area contributed by atoms with Crippen LogP contribution in [0.5, 0.6) is 11.5 Å². The summed E-state index contributed by atoms with van der Waals surface area (Å²) in [4.78, 5) is 16.1. The number of benzene rings is 3. The number of fused-ring (bicyclic) bond motifs is 1. The molecule has 0 aliphatic heterocycles. The summed E-state index contributed by atoms with van der Waals surface area (Å²) in [5.74, 6) is 0.672. The Morgan fingerprint density at radius 1 is 0.964 bits per heavy atom. The fourth-order valence-corrected chi connectivity index (χ4v) is 2.66. The summed E-state index contributed by atoms with van der Waals surface area (Å²) in [6, 6.07) is 22.5. The van der Waals surface area contributed by atoms with Crippen LogP contribution in [0.4, 0.5) is 0 Å². The highest BCUT2D eigenvalue weighted by Crippen LogP contribution is 2.20. The van der Waals surface area contributed by atoms with Gasteiger partial charge in [0.25, 0.3) is 0 Å². The minimum atomic E-state index is -0.474. The van der Waals surface area contributed by atoms with Crippen molar-refractivity contribution in [3.8, 4) is 11.5 Å². The van der Waals surface area contributed by atoms with E-state index in [1.54, 1.807) is 24.3 Å². The molecule has 1 aromatic heterocycles. The van der Waals surface area contributed by atoms with Crippen LogP contribution < -0.4 is 9.47 Å². The fourth-order valence-electron chi connectivity index (χ4n) is 2.66. The van der Waals surface area contributed by atoms with Crippen LogP contribution in [-0.4, -0.2) is 11.0 Å². The van der Waals surface area contributed by atoms with E-state index in [9.17, 15) is 4.79 Å². The molecule has 0 saturated heterocycles. The Kier molecular flexibility index (Phi) is 5.15. The zero-order valence-corrected chi connectivity index (χ0v) is 14.9. The van der Waals surface area contributed by atoms with Crippen LogP contribution in [0.1, 0.15) is 11.1 Å². The van der Waals surface area contributed by atoms with E-state index in [1.165, 1.54) is 12.5 Å². The molecule has 138 valence electrons. The van der Waals surface area contributed by atoms with Gasteiger partial charge in [-0.1, -0.05) is 42.5 Å². The van der Waals surface area contributed by atoms with Crippen LogP contribution in [0, 0.1) is 0 Å². The van der Waals surface area contributed by atoms with Crippen molar-refractivity contribution in [2.24, 2.45) is 0 Å². The van der Waals surface area contributed by atoms with Crippen molar-refractivity contribution in [3.05, 3.63) is 96.4 Å². The lowest BCUT2D eigenvalue weighted by Crippen LogP contribution is -2.03. The molecule has 0 amide bonds. The normalized spacial score (nSPS) is 11.0. The van der Waals surface area contributed by atoms with E-state index in [4.69, 9.17) is 13.9 Å². The Balaban J connectivity index is 1.37. The van der Waals surface area contributed by atoms with Gasteiger partial charge in [-0.15, -0.1) is 0 Å². The van der Waals surface area contributed by atoms with Crippen molar-refractivity contribution >= 4 is 23.1 Å². The highest BCUT2D eigenvalue weighted by atomic mass is 16.5. The van der Waals surface area contributed by atoms with Crippen molar-refractivity contribution in [2.75, 3.05) is 0 Å². The molecule has 0 fully saturated rings. The average Bonchev–Trinajstić information content (AvgIpc) is 3.20. The topological polar surface area (TPSA) is 61.6 Å². The second kappa shape index (κ2) is 8.22. The lowest BCUT2D eigenvalue weighted by atomic mass is 10.2. The lowest BCUT2D eigenvalue weighted by Gasteiger charge is -2.07. The highest BCUT2D eigenvalue weighted by Gasteiger charge is 2.05. The Hall–Kier alpha value is -3.86. The minimum Gasteiger partial charge on any atom is -0.489 e. The third-order valence-corrected chi connectivity index (χ3v) is 4.04. The third kappa shape index (κ3) is 4.45. The fraction of sp³-hybridized carbons (Fsp3) is 0.0435. The van der Waals surface area contributed by atoms with E-state index in [1.807, 2.05) is 54.6 Å². The third-order valence-electron chi connectivity index (χ3n) is 4.04. The Bertz CT molecular complexity index is 1120. The van der Waals surface area contributed by atoms with Crippen LogP contribution in [0.3, 0.4) is 0 Å². The first kappa shape index (κ1) is 17.5. The molecule has 0 aliphatic rings. The quantitative estimate of drug-likeness (QED) is 0.270. The maximum atomic E-state index is 12.1. The molecular weight excluding hydrogens is 354 g/mol. The second-order valence-corrected chi connectivity index (χ2v) is 6.08. The smallest absolute Gasteiger partial charge is 0.336 e. The molecule has 1 heterocycles. The molecule has 0 atom stereocenters. The summed E-state index contributed by atoms with van der Waals surface area (Å²) in [5.41, 5.74) is 3.21. The summed E-state index contributed by atoms with van der Waals surface area (Å²) < 4.78 is 16.3. The number of carbonyl (C=O) groups excluding carboxylic acids is 1. The van der Waals surface area contributed by atoms with Gasteiger partial charge in [0.1, 0.15) is 23.6 Å². The van der Waals surface area contributed by atoms with E-state index < -0.39 is 5.97 Å². The van der Waals surface area contributed by atoms with Gasteiger partial charge in [-0.2, -0.15) is 0 Å². The van der Waals surface area contributed by atoms with E-state index in [-0.39, 0.29) is 0 Å². The van der Waals surface area contributed by atoms with Crippen LogP contribution >= 0.6 is 0 Å². The number of esters is 1. The van der Waals surface area contributed by atoms with Crippen LogP contribution in [0.15, 0.2) is 89.7 Å². The molecule has 0 spiro atoms. The molecule has 0 aliphatic carbocycles. The molecule has 4 rings (SSSR count). The van der Waals surface area contributed by atoms with Crippen LogP contribution in [0.25, 0.3) is 17.2 Å². The maximum absolute atomic E-state index is 12.1. The SMILES string of the molecule is O=C(/C=C/c1cccc(OCc2ccccc2)c1)Oc1ccc2ocnc2c1. The van der Waals surface area contributed by atoms with Gasteiger partial charge in [0.15, 0.2) is 12.0 Å². The number of aromatic nitrogens is 1. The van der Waals surface area contributed by atoms with Gasteiger partial charge in [-0.05, 0) is 41.5 Å². The highest BCUT2D eigenvalue weighted by molar-refractivity contribution is 5.89. The predicted molar refractivity (Wildman–Crippen MR) is 106 cm³/mol. The maximum Gasteiger partial charge on any atom is 0.336 e. The van der Waals surface area contributed by atoms with E-state index >= 15 is 0 Å². The van der Waals surface area contributed by atoms with E-state index in [2.05, 4.69) is 4.98 Å². The molecule has 28 heavy (non-hydrogen) atoms. The first-order valence-corrected chi connectivity index (χ1v) is 8.76. The Morgan fingerprint density at radius 3 is 2.75 bits per heavy atom. The molecule has 0 unspecified atom stereocenters. The average molecular weight is 371 g/mol. The molecule has 0 N–H and O–H groups in total. The van der Waals surface area contributed by atoms with Crippen LogP contribution in [0.2, 0.25) is 0 Å². The van der Waals surface area contributed by atoms with Gasteiger partial charge >= 0.3 is 5.97 Å². The molecule has 0 saturated carbocycles. The number of hydrogen-bond donors (Lipinski definition) is 0. The monoisotopic (exact) mass is 371 g/mol. The summed E-state index contributed by atoms with van der Waals surface area (Å²) in [6.45, 7) is 0.487. The number of carbonyl (C=O) groups is 1. The number of rotatable bonds is 6. The summed E-state index contributed by atoms with van der Waals surface area (Å²) in [7, 11) is 0. The van der Waals surface area contributed by atoms with Crippen molar-refractivity contribution < 1.29 is 18.7 Å². The zero-order valence-electron chi connectivity index (χ0n) is 14.9. The molecular formula is C23H17NO4. The molecule has 3 aromatic carbocycles. The van der Waals surface area contributed by atoms with Gasteiger partial charge in [0, 0.05) is 12.1 Å². The first-order chi connectivity index (χ1) is 13.8. The van der Waals surface area contributed by atoms with Crippen molar-refractivity contribution in [3.63, 3.8) is 0 Å². The first-order valence-electron chi connectivity index (χ1n) is 8.76. The Labute approximate surface area is 161 Å². The largest absolute Gasteiger partial charge is 0.489 e. The standard InChI is InChI=1S/C23H17NO4/c25-23(28-20-10-11-22-21(14-20)24-16-27-22)12-9-17-7-4-8-19(13-17)26-15-18-5-2-1-3-6-18/h1-14,16H,15H2/b12-9+. The summed E-state index contributed by atoms with van der Waals surface area (Å²) in [5, 5.41) is 0. The van der Waals surface area contributed by atoms with Crippen LogP contribution in [-0.2, 0) is 11.4 Å². The summed E-state index contributed by atoms with van der Waals surface area (Å²) >= 11 is 0. The van der Waals surface area contributed by atoms with Crippen molar-refractivity contribution in [1.82, 2.24) is 4.98 Å². The second-order valence-electron chi connectivity index (χ2n) is 6.08.